The van der Waals surface area contributed by atoms with Crippen molar-refractivity contribution in [3.8, 4) is 5.75 Å². The van der Waals surface area contributed by atoms with E-state index in [9.17, 15) is 14.7 Å². The van der Waals surface area contributed by atoms with Crippen LogP contribution in [0, 0.1) is 0 Å². The molecule has 0 aliphatic heterocycles. The monoisotopic (exact) mass is 286 g/mol. The number of aromatic hydroxyl groups is 1. The van der Waals surface area contributed by atoms with E-state index in [4.69, 9.17) is 0 Å². The van der Waals surface area contributed by atoms with Crippen molar-refractivity contribution in [3.05, 3.63) is 42.0 Å². The molecule has 1 unspecified atom stereocenters. The number of hydrogen-bond acceptors (Lipinski definition) is 3. The van der Waals surface area contributed by atoms with Gasteiger partial charge in [0, 0.05) is 11.9 Å². The number of carbonyl (C=O) groups excluding carboxylic acids is 2. The van der Waals surface area contributed by atoms with Gasteiger partial charge in [-0.3, -0.25) is 9.59 Å². The maximum Gasteiger partial charge on any atom is 0.255 e. The van der Waals surface area contributed by atoms with Gasteiger partial charge in [-0.15, -0.1) is 0 Å². The van der Waals surface area contributed by atoms with Gasteiger partial charge in [0.2, 0.25) is 5.91 Å². The molecule has 2 aromatic rings. The molecular formula is C16H18N2O3. The summed E-state index contributed by atoms with van der Waals surface area (Å²) in [5.74, 6) is -0.808. The number of carbonyl (C=O) groups is 2. The second-order valence-electron chi connectivity index (χ2n) is 4.77. The fraction of sp³-hybridized carbons (Fsp3) is 0.250. The van der Waals surface area contributed by atoms with Crippen LogP contribution in [0.3, 0.4) is 0 Å². The number of phenols is 1. The van der Waals surface area contributed by atoms with Gasteiger partial charge in [0.25, 0.3) is 5.91 Å². The molecule has 0 aromatic heterocycles. The zero-order valence-electron chi connectivity index (χ0n) is 12.0. The van der Waals surface area contributed by atoms with Gasteiger partial charge in [-0.1, -0.05) is 30.3 Å². The summed E-state index contributed by atoms with van der Waals surface area (Å²) in [7, 11) is 0. The Kier molecular flexibility index (Phi) is 4.42. The number of benzene rings is 2. The molecule has 0 heterocycles. The van der Waals surface area contributed by atoms with E-state index in [1.54, 1.807) is 31.2 Å². The first-order valence-corrected chi connectivity index (χ1v) is 6.84. The molecule has 2 amide bonds. The fourth-order valence-electron chi connectivity index (χ4n) is 2.11. The maximum atomic E-state index is 12.2. The molecule has 0 radical (unpaired) electrons. The summed E-state index contributed by atoms with van der Waals surface area (Å²) in [6, 6.07) is 9.91. The Labute approximate surface area is 123 Å². The molecule has 0 aliphatic carbocycles. The van der Waals surface area contributed by atoms with Crippen molar-refractivity contribution >= 4 is 22.6 Å². The number of nitrogens with one attached hydrogen (secondary N) is 2. The van der Waals surface area contributed by atoms with E-state index in [2.05, 4.69) is 10.6 Å². The molecule has 1 atom stereocenters. The van der Waals surface area contributed by atoms with Gasteiger partial charge in [0.1, 0.15) is 11.8 Å². The summed E-state index contributed by atoms with van der Waals surface area (Å²) in [4.78, 5) is 23.8. The Balaban J connectivity index is 2.24. The topological polar surface area (TPSA) is 78.4 Å². The molecule has 5 heteroatoms. The molecule has 0 saturated heterocycles. The van der Waals surface area contributed by atoms with Crippen LogP contribution < -0.4 is 10.6 Å². The number of phenolic OH excluding ortho intramolecular Hbond substituents is 1. The highest BCUT2D eigenvalue weighted by molar-refractivity contribution is 6.04. The lowest BCUT2D eigenvalue weighted by molar-refractivity contribution is -0.122. The smallest absolute Gasteiger partial charge is 0.255 e. The van der Waals surface area contributed by atoms with Crippen molar-refractivity contribution in [1.29, 1.82) is 0 Å². The standard InChI is InChI=1S/C16H18N2O3/c1-3-17-15(20)10(2)18-16(21)13-9-8-11-6-4-5-7-12(11)14(13)19/h4-10,19H,3H2,1-2H3,(H,17,20)(H,18,21). The third-order valence-corrected chi connectivity index (χ3v) is 3.24. The lowest BCUT2D eigenvalue weighted by Crippen LogP contribution is -2.44. The van der Waals surface area contributed by atoms with Crippen molar-refractivity contribution < 1.29 is 14.7 Å². The molecule has 21 heavy (non-hydrogen) atoms. The normalized spacial score (nSPS) is 11.9. The molecule has 0 spiro atoms. The lowest BCUT2D eigenvalue weighted by atomic mass is 10.0. The second-order valence-corrected chi connectivity index (χ2v) is 4.77. The number of likely N-dealkylation sites (N-methyl/N-ethyl adjacent to an activating group) is 1. The number of hydrogen-bond donors (Lipinski definition) is 3. The van der Waals surface area contributed by atoms with E-state index in [1.165, 1.54) is 0 Å². The van der Waals surface area contributed by atoms with E-state index in [1.807, 2.05) is 19.1 Å². The van der Waals surface area contributed by atoms with Gasteiger partial charge in [-0.2, -0.15) is 0 Å². The van der Waals surface area contributed by atoms with Crippen molar-refractivity contribution in [2.75, 3.05) is 6.54 Å². The average molecular weight is 286 g/mol. The Morgan fingerprint density at radius 3 is 2.62 bits per heavy atom. The van der Waals surface area contributed by atoms with E-state index in [0.717, 1.165) is 5.39 Å². The van der Waals surface area contributed by atoms with Gasteiger partial charge < -0.3 is 15.7 Å². The molecule has 2 rings (SSSR count). The number of rotatable bonds is 4. The Morgan fingerprint density at radius 2 is 1.90 bits per heavy atom. The first-order valence-electron chi connectivity index (χ1n) is 6.84. The van der Waals surface area contributed by atoms with Crippen molar-refractivity contribution in [1.82, 2.24) is 10.6 Å². The average Bonchev–Trinajstić information content (AvgIpc) is 2.48. The minimum atomic E-state index is -0.664. The molecule has 0 bridgehead atoms. The predicted molar refractivity (Wildman–Crippen MR) is 81.2 cm³/mol. The number of amides is 2. The van der Waals surface area contributed by atoms with Crippen LogP contribution in [-0.2, 0) is 4.79 Å². The molecule has 110 valence electrons. The highest BCUT2D eigenvalue weighted by Gasteiger charge is 2.19. The van der Waals surface area contributed by atoms with E-state index < -0.39 is 11.9 Å². The summed E-state index contributed by atoms with van der Waals surface area (Å²) in [6.45, 7) is 3.91. The third kappa shape index (κ3) is 3.13. The van der Waals surface area contributed by atoms with Gasteiger partial charge in [0.15, 0.2) is 0 Å². The van der Waals surface area contributed by atoms with E-state index >= 15 is 0 Å². The number of fused-ring (bicyclic) bond motifs is 1. The maximum absolute atomic E-state index is 12.2. The molecule has 0 aliphatic rings. The van der Waals surface area contributed by atoms with Crippen molar-refractivity contribution in [3.63, 3.8) is 0 Å². The van der Waals surface area contributed by atoms with E-state index in [0.29, 0.717) is 11.9 Å². The molecule has 2 aromatic carbocycles. The van der Waals surface area contributed by atoms with E-state index in [-0.39, 0.29) is 17.2 Å². The van der Waals surface area contributed by atoms with Crippen LogP contribution in [0.5, 0.6) is 5.75 Å². The van der Waals surface area contributed by atoms with Gasteiger partial charge >= 0.3 is 0 Å². The highest BCUT2D eigenvalue weighted by Crippen LogP contribution is 2.28. The Hall–Kier alpha value is -2.56. The SMILES string of the molecule is CCNC(=O)C(C)NC(=O)c1ccc2ccccc2c1O. The zero-order chi connectivity index (χ0) is 15.4. The molecule has 3 N–H and O–H groups in total. The Morgan fingerprint density at radius 1 is 1.19 bits per heavy atom. The lowest BCUT2D eigenvalue weighted by Gasteiger charge is -2.14. The summed E-state index contributed by atoms with van der Waals surface area (Å²) in [6.07, 6.45) is 0. The molecular weight excluding hydrogens is 268 g/mol. The summed E-state index contributed by atoms with van der Waals surface area (Å²) >= 11 is 0. The van der Waals surface area contributed by atoms with Crippen LogP contribution in [0.1, 0.15) is 24.2 Å². The second kappa shape index (κ2) is 6.26. The van der Waals surface area contributed by atoms with Crippen LogP contribution >= 0.6 is 0 Å². The minimum absolute atomic E-state index is 0.0753. The summed E-state index contributed by atoms with van der Waals surface area (Å²) < 4.78 is 0. The largest absolute Gasteiger partial charge is 0.506 e. The zero-order valence-corrected chi connectivity index (χ0v) is 12.0. The van der Waals surface area contributed by atoms with Crippen LogP contribution in [0.25, 0.3) is 10.8 Å². The first-order chi connectivity index (χ1) is 10.0. The quantitative estimate of drug-likeness (QED) is 0.802. The van der Waals surface area contributed by atoms with Crippen LogP contribution in [0.15, 0.2) is 36.4 Å². The summed E-state index contributed by atoms with van der Waals surface area (Å²) in [5, 5.41) is 16.9. The van der Waals surface area contributed by atoms with Crippen LogP contribution in [-0.4, -0.2) is 29.5 Å². The highest BCUT2D eigenvalue weighted by atomic mass is 16.3. The third-order valence-electron chi connectivity index (χ3n) is 3.24. The van der Waals surface area contributed by atoms with Crippen LogP contribution in [0.4, 0.5) is 0 Å². The fourth-order valence-corrected chi connectivity index (χ4v) is 2.11. The Bertz CT molecular complexity index is 682. The van der Waals surface area contributed by atoms with Gasteiger partial charge in [-0.05, 0) is 25.3 Å². The van der Waals surface area contributed by atoms with Crippen LogP contribution in [0.2, 0.25) is 0 Å². The molecule has 0 saturated carbocycles. The van der Waals surface area contributed by atoms with Crippen molar-refractivity contribution in [2.24, 2.45) is 0 Å². The predicted octanol–water partition coefficient (Wildman–Crippen LogP) is 1.80. The molecule has 0 fully saturated rings. The van der Waals surface area contributed by atoms with Gasteiger partial charge in [-0.25, -0.2) is 0 Å². The van der Waals surface area contributed by atoms with Gasteiger partial charge in [0.05, 0.1) is 5.56 Å². The van der Waals surface area contributed by atoms with Crippen molar-refractivity contribution in [2.45, 2.75) is 19.9 Å². The molecule has 5 nitrogen and oxygen atoms in total. The minimum Gasteiger partial charge on any atom is -0.506 e. The summed E-state index contributed by atoms with van der Waals surface area (Å²) in [5.41, 5.74) is 0.157. The first kappa shape index (κ1) is 14.8.